The van der Waals surface area contributed by atoms with Crippen LogP contribution in [0.1, 0.15) is 16.7 Å². The minimum Gasteiger partial charge on any atom is -0.399 e. The molecule has 0 bridgehead atoms. The fourth-order valence-electron chi connectivity index (χ4n) is 3.14. The molecule has 1 heterocycles. The number of anilines is 1. The fourth-order valence-corrected chi connectivity index (χ4v) is 3.14. The van der Waals surface area contributed by atoms with Crippen LogP contribution in [0.5, 0.6) is 0 Å². The van der Waals surface area contributed by atoms with Crippen molar-refractivity contribution in [2.24, 2.45) is 0 Å². The highest BCUT2D eigenvalue weighted by molar-refractivity contribution is 5.81. The summed E-state index contributed by atoms with van der Waals surface area (Å²) < 4.78 is 2.28. The minimum atomic E-state index is 0.767. The zero-order chi connectivity index (χ0) is 17.4. The van der Waals surface area contributed by atoms with E-state index in [1.54, 1.807) is 0 Å². The predicted octanol–water partition coefficient (Wildman–Crippen LogP) is 4.95. The first-order valence-corrected chi connectivity index (χ1v) is 8.49. The summed E-state index contributed by atoms with van der Waals surface area (Å²) in [6.45, 7) is 5.05. The maximum Gasteiger partial charge on any atom is 0.141 e. The van der Waals surface area contributed by atoms with Gasteiger partial charge in [-0.2, -0.15) is 0 Å². The van der Waals surface area contributed by atoms with Crippen molar-refractivity contribution in [2.45, 2.75) is 20.4 Å². The molecule has 0 amide bonds. The molecule has 4 rings (SSSR count). The van der Waals surface area contributed by atoms with E-state index in [0.717, 1.165) is 34.7 Å². The van der Waals surface area contributed by atoms with Crippen LogP contribution in [0.15, 0.2) is 66.7 Å². The van der Waals surface area contributed by atoms with Gasteiger partial charge in [-0.1, -0.05) is 36.4 Å². The number of nitrogens with two attached hydrogens (primary N) is 1. The summed E-state index contributed by atoms with van der Waals surface area (Å²) in [4.78, 5) is 4.91. The Kier molecular flexibility index (Phi) is 3.77. The van der Waals surface area contributed by atoms with Crippen LogP contribution in [0.25, 0.3) is 22.4 Å². The molecule has 0 unspecified atom stereocenters. The Morgan fingerprint density at radius 1 is 0.880 bits per heavy atom. The lowest BCUT2D eigenvalue weighted by molar-refractivity contribution is 0.834. The molecule has 0 saturated heterocycles. The highest BCUT2D eigenvalue weighted by atomic mass is 15.1. The Labute approximate surface area is 147 Å². The third kappa shape index (κ3) is 2.89. The lowest BCUT2D eigenvalue weighted by Crippen LogP contribution is -2.02. The van der Waals surface area contributed by atoms with Gasteiger partial charge in [-0.25, -0.2) is 4.98 Å². The van der Waals surface area contributed by atoms with E-state index in [2.05, 4.69) is 66.9 Å². The van der Waals surface area contributed by atoms with E-state index in [4.69, 9.17) is 10.7 Å². The van der Waals surface area contributed by atoms with E-state index in [9.17, 15) is 0 Å². The van der Waals surface area contributed by atoms with Gasteiger partial charge in [0.15, 0.2) is 0 Å². The summed E-state index contributed by atoms with van der Waals surface area (Å²) in [5, 5.41) is 0. The number of aromatic nitrogens is 2. The number of aryl methyl sites for hydroxylation is 2. The molecule has 25 heavy (non-hydrogen) atoms. The topological polar surface area (TPSA) is 43.8 Å². The molecule has 0 aliphatic heterocycles. The first-order chi connectivity index (χ1) is 12.1. The van der Waals surface area contributed by atoms with Gasteiger partial charge < -0.3 is 10.3 Å². The molecule has 4 aromatic rings. The standard InChI is InChI=1S/C22H21N3/c1-15-7-10-18(13-16(15)2)22-24-20-5-3-4-6-21(20)25(22)14-17-8-11-19(23)12-9-17/h3-13H,14,23H2,1-2H3. The molecule has 0 saturated carbocycles. The van der Waals surface area contributed by atoms with E-state index in [0.29, 0.717) is 0 Å². The highest BCUT2D eigenvalue weighted by Crippen LogP contribution is 2.27. The van der Waals surface area contributed by atoms with Crippen LogP contribution >= 0.6 is 0 Å². The van der Waals surface area contributed by atoms with Crippen LogP contribution in [-0.2, 0) is 6.54 Å². The molecule has 3 aromatic carbocycles. The van der Waals surface area contributed by atoms with Crippen LogP contribution in [0, 0.1) is 13.8 Å². The Morgan fingerprint density at radius 3 is 2.40 bits per heavy atom. The predicted molar refractivity (Wildman–Crippen MR) is 105 cm³/mol. The molecule has 0 spiro atoms. The van der Waals surface area contributed by atoms with E-state index in [1.165, 1.54) is 16.7 Å². The van der Waals surface area contributed by atoms with Crippen molar-refractivity contribution in [3.05, 3.63) is 83.4 Å². The number of para-hydroxylation sites is 2. The van der Waals surface area contributed by atoms with Crippen LogP contribution < -0.4 is 5.73 Å². The van der Waals surface area contributed by atoms with E-state index < -0.39 is 0 Å². The third-order valence-electron chi connectivity index (χ3n) is 4.74. The Balaban J connectivity index is 1.88. The third-order valence-corrected chi connectivity index (χ3v) is 4.74. The summed E-state index contributed by atoms with van der Waals surface area (Å²) in [7, 11) is 0. The number of rotatable bonds is 3. The normalized spacial score (nSPS) is 11.1. The van der Waals surface area contributed by atoms with Gasteiger partial charge >= 0.3 is 0 Å². The zero-order valence-corrected chi connectivity index (χ0v) is 14.5. The van der Waals surface area contributed by atoms with Crippen molar-refractivity contribution in [1.29, 1.82) is 0 Å². The molecule has 1 aromatic heterocycles. The van der Waals surface area contributed by atoms with Crippen molar-refractivity contribution in [3.8, 4) is 11.4 Å². The van der Waals surface area contributed by atoms with E-state index in [-0.39, 0.29) is 0 Å². The van der Waals surface area contributed by atoms with E-state index >= 15 is 0 Å². The van der Waals surface area contributed by atoms with Crippen LogP contribution in [0.4, 0.5) is 5.69 Å². The van der Waals surface area contributed by atoms with Crippen LogP contribution in [0.2, 0.25) is 0 Å². The number of hydrogen-bond donors (Lipinski definition) is 1. The van der Waals surface area contributed by atoms with Gasteiger partial charge in [0, 0.05) is 17.8 Å². The molecular formula is C22H21N3. The van der Waals surface area contributed by atoms with Crippen molar-refractivity contribution < 1.29 is 0 Å². The largest absolute Gasteiger partial charge is 0.399 e. The van der Waals surface area contributed by atoms with Gasteiger partial charge in [0.1, 0.15) is 5.82 Å². The van der Waals surface area contributed by atoms with Gasteiger partial charge in [0.25, 0.3) is 0 Å². The minimum absolute atomic E-state index is 0.767. The zero-order valence-electron chi connectivity index (χ0n) is 14.5. The Bertz CT molecular complexity index is 1040. The summed E-state index contributed by atoms with van der Waals surface area (Å²) in [5.41, 5.74) is 13.7. The molecule has 2 N–H and O–H groups in total. The van der Waals surface area contributed by atoms with Crippen molar-refractivity contribution in [2.75, 3.05) is 5.73 Å². The van der Waals surface area contributed by atoms with Gasteiger partial charge in [-0.3, -0.25) is 0 Å². The van der Waals surface area contributed by atoms with Gasteiger partial charge in [0.2, 0.25) is 0 Å². The Hall–Kier alpha value is -3.07. The lowest BCUT2D eigenvalue weighted by Gasteiger charge is -2.11. The summed E-state index contributed by atoms with van der Waals surface area (Å²) in [6, 6.07) is 22.9. The van der Waals surface area contributed by atoms with Crippen LogP contribution in [0.3, 0.4) is 0 Å². The second-order valence-electron chi connectivity index (χ2n) is 6.55. The smallest absolute Gasteiger partial charge is 0.141 e. The number of nitrogen functional groups attached to an aromatic ring is 1. The molecule has 0 radical (unpaired) electrons. The molecule has 0 aliphatic carbocycles. The van der Waals surface area contributed by atoms with Gasteiger partial charge in [-0.15, -0.1) is 0 Å². The van der Waals surface area contributed by atoms with E-state index in [1.807, 2.05) is 18.2 Å². The summed E-state index contributed by atoms with van der Waals surface area (Å²) in [5.74, 6) is 1.00. The van der Waals surface area contributed by atoms with Gasteiger partial charge in [0.05, 0.1) is 11.0 Å². The lowest BCUT2D eigenvalue weighted by atomic mass is 10.1. The molecule has 3 nitrogen and oxygen atoms in total. The summed E-state index contributed by atoms with van der Waals surface area (Å²) >= 11 is 0. The van der Waals surface area contributed by atoms with Crippen molar-refractivity contribution >= 4 is 16.7 Å². The van der Waals surface area contributed by atoms with Gasteiger partial charge in [-0.05, 0) is 60.9 Å². The van der Waals surface area contributed by atoms with Crippen molar-refractivity contribution in [1.82, 2.24) is 9.55 Å². The number of imidazole rings is 1. The molecule has 0 atom stereocenters. The quantitative estimate of drug-likeness (QED) is 0.541. The van der Waals surface area contributed by atoms with Crippen LogP contribution in [-0.4, -0.2) is 9.55 Å². The first-order valence-electron chi connectivity index (χ1n) is 8.49. The second-order valence-corrected chi connectivity index (χ2v) is 6.55. The average Bonchev–Trinajstić information content (AvgIpc) is 2.98. The molecular weight excluding hydrogens is 306 g/mol. The van der Waals surface area contributed by atoms with Crippen molar-refractivity contribution in [3.63, 3.8) is 0 Å². The Morgan fingerprint density at radius 2 is 1.64 bits per heavy atom. The highest BCUT2D eigenvalue weighted by Gasteiger charge is 2.13. The number of hydrogen-bond acceptors (Lipinski definition) is 2. The second kappa shape index (κ2) is 6.10. The first kappa shape index (κ1) is 15.5. The average molecular weight is 327 g/mol. The maximum atomic E-state index is 5.82. The molecule has 124 valence electrons. The number of fused-ring (bicyclic) bond motifs is 1. The number of benzene rings is 3. The maximum absolute atomic E-state index is 5.82. The molecule has 0 fully saturated rings. The fraction of sp³-hybridized carbons (Fsp3) is 0.136. The SMILES string of the molecule is Cc1ccc(-c2nc3ccccc3n2Cc2ccc(N)cc2)cc1C. The number of nitrogens with zero attached hydrogens (tertiary/aromatic N) is 2. The summed E-state index contributed by atoms with van der Waals surface area (Å²) in [6.07, 6.45) is 0. The molecule has 0 aliphatic rings. The molecule has 3 heteroatoms. The monoisotopic (exact) mass is 327 g/mol.